The number of benzene rings is 2. The largest absolute Gasteiger partial charge is 0.325 e. The number of carbonyl (C=O) groups is 2. The monoisotopic (exact) mass is 493 g/mol. The summed E-state index contributed by atoms with van der Waals surface area (Å²) in [6, 6.07) is 15.4. The summed E-state index contributed by atoms with van der Waals surface area (Å²) in [6.07, 6.45) is 3.87. The smallest absolute Gasteiger partial charge is 0.320 e. The normalized spacial score (nSPS) is 18.1. The molecule has 2 aliphatic rings. The van der Waals surface area contributed by atoms with E-state index >= 15 is 0 Å². The van der Waals surface area contributed by atoms with Crippen molar-refractivity contribution in [1.29, 1.82) is 0 Å². The van der Waals surface area contributed by atoms with Crippen LogP contribution in [0.25, 0.3) is 0 Å². The predicted octanol–water partition coefficient (Wildman–Crippen LogP) is 4.79. The van der Waals surface area contributed by atoms with Gasteiger partial charge in [0.15, 0.2) is 11.0 Å². The minimum Gasteiger partial charge on any atom is -0.325 e. The van der Waals surface area contributed by atoms with Crippen LogP contribution >= 0.6 is 11.8 Å². The maximum Gasteiger partial charge on any atom is 0.320 e. The summed E-state index contributed by atoms with van der Waals surface area (Å²) < 4.78 is 14.7. The van der Waals surface area contributed by atoms with Crippen LogP contribution in [0.15, 0.2) is 59.8 Å². The van der Waals surface area contributed by atoms with E-state index in [0.29, 0.717) is 28.8 Å². The molecular weight excluding hydrogens is 465 g/mol. The second-order valence-corrected chi connectivity index (χ2v) is 9.96. The molecule has 2 saturated heterocycles. The van der Waals surface area contributed by atoms with E-state index < -0.39 is 0 Å². The van der Waals surface area contributed by atoms with Crippen LogP contribution in [0, 0.1) is 5.82 Å². The van der Waals surface area contributed by atoms with Gasteiger partial charge in [-0.05, 0) is 55.5 Å². The Morgan fingerprint density at radius 3 is 2.40 bits per heavy atom. The second kappa shape index (κ2) is 10.6. The molecule has 1 atom stereocenters. The van der Waals surface area contributed by atoms with Gasteiger partial charge >= 0.3 is 6.03 Å². The van der Waals surface area contributed by atoms with Crippen LogP contribution in [-0.2, 0) is 5.75 Å². The molecule has 2 aromatic carbocycles. The number of aromatic nitrogens is 3. The third-order valence-electron chi connectivity index (χ3n) is 6.52. The fourth-order valence-corrected chi connectivity index (χ4v) is 5.51. The van der Waals surface area contributed by atoms with Crippen LogP contribution in [0.1, 0.15) is 53.3 Å². The van der Waals surface area contributed by atoms with Gasteiger partial charge in [-0.2, -0.15) is 4.68 Å². The Morgan fingerprint density at radius 2 is 1.66 bits per heavy atom. The van der Waals surface area contributed by atoms with Crippen molar-refractivity contribution in [2.75, 3.05) is 26.2 Å². The molecule has 5 rings (SSSR count). The van der Waals surface area contributed by atoms with E-state index in [4.69, 9.17) is 4.98 Å². The Balaban J connectivity index is 1.38. The number of thioether (sulfide) groups is 1. The number of carbonyl (C=O) groups excluding carboxylic acids is 2. The summed E-state index contributed by atoms with van der Waals surface area (Å²) in [5.74, 6) is 0.575. The Labute approximate surface area is 208 Å². The zero-order chi connectivity index (χ0) is 24.2. The van der Waals surface area contributed by atoms with Gasteiger partial charge in [-0.3, -0.25) is 4.79 Å². The topological polar surface area (TPSA) is 71.3 Å². The molecule has 3 aromatic rings. The maximum absolute atomic E-state index is 13.3. The van der Waals surface area contributed by atoms with E-state index in [0.717, 1.165) is 50.9 Å². The fourth-order valence-electron chi connectivity index (χ4n) is 4.61. The Bertz CT molecular complexity index is 1180. The molecule has 0 spiro atoms. The summed E-state index contributed by atoms with van der Waals surface area (Å²) in [6.45, 7) is 2.94. The quantitative estimate of drug-likeness (QED) is 0.478. The van der Waals surface area contributed by atoms with E-state index in [9.17, 15) is 14.0 Å². The summed E-state index contributed by atoms with van der Waals surface area (Å²) in [5, 5.41) is 5.15. The summed E-state index contributed by atoms with van der Waals surface area (Å²) in [4.78, 5) is 34.8. The molecule has 0 N–H and O–H groups in total. The highest BCUT2D eigenvalue weighted by Crippen LogP contribution is 2.29. The molecule has 1 unspecified atom stereocenters. The second-order valence-electron chi connectivity index (χ2n) is 9.01. The van der Waals surface area contributed by atoms with E-state index in [1.807, 2.05) is 28.0 Å². The zero-order valence-corrected chi connectivity index (χ0v) is 20.3. The van der Waals surface area contributed by atoms with Crippen LogP contribution in [0.5, 0.6) is 0 Å². The molecule has 7 nitrogen and oxygen atoms in total. The first-order chi connectivity index (χ1) is 17.1. The number of amides is 2. The molecule has 2 fully saturated rings. The van der Waals surface area contributed by atoms with Crippen LogP contribution in [0.3, 0.4) is 0 Å². The average molecular weight is 494 g/mol. The van der Waals surface area contributed by atoms with Gasteiger partial charge in [0, 0.05) is 43.4 Å². The highest BCUT2D eigenvalue weighted by molar-refractivity contribution is 7.98. The lowest BCUT2D eigenvalue weighted by Gasteiger charge is -2.34. The molecule has 3 heterocycles. The Kier molecular flexibility index (Phi) is 7.13. The first-order valence-corrected chi connectivity index (χ1v) is 13.0. The molecule has 35 heavy (non-hydrogen) atoms. The fraction of sp³-hybridized carbons (Fsp3) is 0.385. The van der Waals surface area contributed by atoms with Gasteiger partial charge in [-0.25, -0.2) is 14.2 Å². The minimum absolute atomic E-state index is 0.0229. The third kappa shape index (κ3) is 5.40. The van der Waals surface area contributed by atoms with Gasteiger partial charge in [0.1, 0.15) is 5.82 Å². The van der Waals surface area contributed by atoms with E-state index in [1.165, 1.54) is 28.6 Å². The van der Waals surface area contributed by atoms with Crippen LogP contribution in [0.2, 0.25) is 0 Å². The van der Waals surface area contributed by atoms with E-state index in [-0.39, 0.29) is 23.7 Å². The Hall–Kier alpha value is -3.20. The molecule has 0 radical (unpaired) electrons. The average Bonchev–Trinajstić information content (AvgIpc) is 3.59. The van der Waals surface area contributed by atoms with Crippen molar-refractivity contribution in [3.8, 4) is 0 Å². The van der Waals surface area contributed by atoms with Crippen molar-refractivity contribution in [3.63, 3.8) is 0 Å². The molecule has 1 aromatic heterocycles. The molecule has 182 valence electrons. The lowest BCUT2D eigenvalue weighted by molar-refractivity contribution is 0.0932. The van der Waals surface area contributed by atoms with Crippen LogP contribution in [0.4, 0.5) is 9.18 Å². The van der Waals surface area contributed by atoms with Crippen molar-refractivity contribution in [2.45, 2.75) is 42.5 Å². The maximum atomic E-state index is 13.3. The summed E-state index contributed by atoms with van der Waals surface area (Å²) in [5.41, 5.74) is 1.46. The lowest BCUT2D eigenvalue weighted by atomic mass is 9.97. The number of likely N-dealkylation sites (tertiary alicyclic amines) is 2. The number of halogens is 1. The van der Waals surface area contributed by atoms with Crippen LogP contribution < -0.4 is 0 Å². The number of hydrogen-bond donors (Lipinski definition) is 0. The van der Waals surface area contributed by atoms with Gasteiger partial charge in [0.2, 0.25) is 0 Å². The van der Waals surface area contributed by atoms with Gasteiger partial charge in [-0.1, -0.05) is 42.1 Å². The summed E-state index contributed by atoms with van der Waals surface area (Å²) >= 11 is 1.40. The van der Waals surface area contributed by atoms with E-state index in [2.05, 4.69) is 5.10 Å². The van der Waals surface area contributed by atoms with Crippen molar-refractivity contribution in [1.82, 2.24) is 24.6 Å². The third-order valence-corrected chi connectivity index (χ3v) is 7.52. The molecule has 0 aliphatic carbocycles. The molecule has 2 aliphatic heterocycles. The molecule has 0 saturated carbocycles. The first kappa shape index (κ1) is 23.5. The van der Waals surface area contributed by atoms with E-state index in [1.54, 1.807) is 24.3 Å². The summed E-state index contributed by atoms with van der Waals surface area (Å²) in [7, 11) is 0. The number of urea groups is 1. The highest BCUT2D eigenvalue weighted by atomic mass is 32.2. The molecule has 2 amide bonds. The van der Waals surface area contributed by atoms with Crippen molar-refractivity contribution < 1.29 is 14.0 Å². The number of piperidine rings is 1. The molecule has 9 heteroatoms. The first-order valence-electron chi connectivity index (χ1n) is 12.1. The molecular formula is C26H28FN5O2S. The predicted molar refractivity (Wildman–Crippen MR) is 132 cm³/mol. The minimum atomic E-state index is -0.284. The zero-order valence-electron chi connectivity index (χ0n) is 19.5. The van der Waals surface area contributed by atoms with Gasteiger partial charge in [-0.15, -0.1) is 5.10 Å². The van der Waals surface area contributed by atoms with Crippen LogP contribution in [-0.4, -0.2) is 62.7 Å². The van der Waals surface area contributed by atoms with Crippen molar-refractivity contribution >= 4 is 23.7 Å². The highest BCUT2D eigenvalue weighted by Gasteiger charge is 2.32. The lowest BCUT2D eigenvalue weighted by Crippen LogP contribution is -2.46. The van der Waals surface area contributed by atoms with Gasteiger partial charge < -0.3 is 9.80 Å². The molecule has 0 bridgehead atoms. The standard InChI is InChI=1S/C26H28FN5O2S/c27-22-12-10-19(11-13-22)18-35-25-28-23(29-32(25)24(33)20-7-2-1-3-8-20)21-9-6-16-31(17-21)26(34)30-14-4-5-15-30/h1-3,7-8,10-13,21H,4-6,9,14-18H2. The number of hydrogen-bond acceptors (Lipinski definition) is 5. The van der Waals surface area contributed by atoms with Crippen molar-refractivity contribution in [3.05, 3.63) is 77.4 Å². The number of nitrogens with zero attached hydrogens (tertiary/aromatic N) is 5. The van der Waals surface area contributed by atoms with Gasteiger partial charge in [0.25, 0.3) is 5.91 Å². The number of rotatable bonds is 5. The Morgan fingerprint density at radius 1 is 0.943 bits per heavy atom. The van der Waals surface area contributed by atoms with Crippen molar-refractivity contribution in [2.24, 2.45) is 0 Å². The SMILES string of the molecule is O=C(N1CCCC1)N1CCCC(c2nc(SCc3ccc(F)cc3)n(C(=O)c3ccccc3)n2)C1. The van der Waals surface area contributed by atoms with Gasteiger partial charge in [0.05, 0.1) is 0 Å².